The Morgan fingerprint density at radius 1 is 0.640 bits per heavy atom. The second-order valence-corrected chi connectivity index (χ2v) is 12.6. The summed E-state index contributed by atoms with van der Waals surface area (Å²) in [6.45, 7) is 0.528. The van der Waals surface area contributed by atoms with Crippen molar-refractivity contribution < 1.29 is 38.7 Å². The monoisotopic (exact) mass is 802 g/mol. The number of amides is 2. The molecule has 4 N–H and O–H groups in total. The molecular weight excluding hydrogens is 780 g/mol. The summed E-state index contributed by atoms with van der Waals surface area (Å²) in [5, 5.41) is 37.2. The molecule has 0 spiro atoms. The molecule has 0 radical (unpaired) electrons. The van der Waals surface area contributed by atoms with Crippen molar-refractivity contribution in [1.29, 1.82) is 0 Å². The van der Waals surface area contributed by atoms with E-state index in [-0.39, 0.29) is 47.5 Å². The van der Waals surface area contributed by atoms with Crippen molar-refractivity contribution in [1.82, 2.24) is 9.97 Å². The first-order valence-corrected chi connectivity index (χ1v) is 16.5. The van der Waals surface area contributed by atoms with Gasteiger partial charge in [-0.3, -0.25) is 9.59 Å². The minimum atomic E-state index is -0.951. The lowest BCUT2D eigenvalue weighted by Gasteiger charge is -2.31. The number of H-pyrrole nitrogens is 2. The number of hydrogen-bond acceptors (Lipinski definition) is 10. The summed E-state index contributed by atoms with van der Waals surface area (Å²) in [5.74, 6) is -0.885. The summed E-state index contributed by atoms with van der Waals surface area (Å²) in [4.78, 5) is 31.0. The number of nitrogens with zero attached hydrogens (tertiary/aromatic N) is 4. The number of azo groups is 2. The molecule has 14 nitrogen and oxygen atoms in total. The molecule has 1 aliphatic rings. The minimum absolute atomic E-state index is 0.151. The second kappa shape index (κ2) is 14.2. The number of halogens is 2. The Labute approximate surface area is 299 Å². The van der Waals surface area contributed by atoms with Crippen LogP contribution in [-0.2, 0) is 9.47 Å². The van der Waals surface area contributed by atoms with Crippen LogP contribution in [0.4, 0.5) is 11.4 Å². The molecule has 252 valence electrons. The highest BCUT2D eigenvalue weighted by Gasteiger charge is 2.31. The lowest BCUT2D eigenvalue weighted by atomic mass is 10.2. The first-order valence-electron chi connectivity index (χ1n) is 14.9. The van der Waals surface area contributed by atoms with Crippen LogP contribution in [0.3, 0.4) is 0 Å². The minimum Gasteiger partial charge on any atom is -0.493 e. The van der Waals surface area contributed by atoms with E-state index in [4.69, 9.17) is 18.9 Å². The number of aromatic amines is 2. The van der Waals surface area contributed by atoms with Crippen molar-refractivity contribution >= 4 is 76.9 Å². The molecule has 3 heterocycles. The number of carbonyl (C=O) groups excluding carboxylic acids is 2. The van der Waals surface area contributed by atoms with Crippen LogP contribution in [0.2, 0.25) is 0 Å². The average Bonchev–Trinajstić information content (AvgIpc) is 3.60. The zero-order valence-electron chi connectivity index (χ0n) is 25.5. The number of carbonyl (C=O) groups is 2. The third kappa shape index (κ3) is 7.13. The van der Waals surface area contributed by atoms with Gasteiger partial charge in [-0.15, -0.1) is 20.5 Å². The van der Waals surface area contributed by atoms with Gasteiger partial charge in [-0.1, -0.05) is 31.9 Å². The predicted octanol–water partition coefficient (Wildman–Crippen LogP) is 8.59. The Hall–Kier alpha value is -5.42. The highest BCUT2D eigenvalue weighted by atomic mass is 79.9. The molecule has 0 unspecified atom stereocenters. The van der Waals surface area contributed by atoms with Gasteiger partial charge in [-0.2, -0.15) is 0 Å². The molecule has 50 heavy (non-hydrogen) atoms. The molecule has 0 aliphatic carbocycles. The van der Waals surface area contributed by atoms with Crippen molar-refractivity contribution in [2.24, 2.45) is 20.5 Å². The SMILES string of the molecule is O=C(N=Nc1c(O)[nH]c2ccc(Br)cc12)c1ccc(O[C@@H]2OCCO[C@H]2Oc2ccc(C(=O)N=Nc3c(O)[nH]c4ccc(Br)cc34)cc2)cc1. The van der Waals surface area contributed by atoms with Crippen molar-refractivity contribution in [3.63, 3.8) is 0 Å². The van der Waals surface area contributed by atoms with Crippen LogP contribution in [0.1, 0.15) is 20.7 Å². The number of benzene rings is 4. The highest BCUT2D eigenvalue weighted by Crippen LogP contribution is 2.38. The summed E-state index contributed by atoms with van der Waals surface area (Å²) in [5.41, 5.74) is 2.09. The standard InChI is InChI=1S/C34H24Br2N6O8/c35-19-5-11-25-23(15-19)27(31(45)37-25)39-41-29(43)17-1-7-21(8-2-17)49-33-34(48-14-13-47-33)50-22-9-3-18(4-10-22)30(44)42-40-28-24-16-20(36)6-12-26(24)38-32(28)46/h1-12,15-16,33-34,37-38,45-46H,13-14H2/t33-,34-/m0/s1. The van der Waals surface area contributed by atoms with E-state index >= 15 is 0 Å². The van der Waals surface area contributed by atoms with Crippen LogP contribution in [-0.4, -0.2) is 57.8 Å². The van der Waals surface area contributed by atoms with Crippen LogP contribution < -0.4 is 9.47 Å². The van der Waals surface area contributed by atoms with E-state index in [2.05, 4.69) is 62.3 Å². The summed E-state index contributed by atoms with van der Waals surface area (Å²) in [6.07, 6.45) is -1.90. The van der Waals surface area contributed by atoms with Gasteiger partial charge < -0.3 is 39.1 Å². The van der Waals surface area contributed by atoms with Gasteiger partial charge in [0.2, 0.25) is 11.8 Å². The zero-order chi connectivity index (χ0) is 34.8. The summed E-state index contributed by atoms with van der Waals surface area (Å²) < 4.78 is 25.0. The smallest absolute Gasteiger partial charge is 0.295 e. The van der Waals surface area contributed by atoms with Gasteiger partial charge in [0.05, 0.1) is 24.2 Å². The highest BCUT2D eigenvalue weighted by molar-refractivity contribution is 9.10. The predicted molar refractivity (Wildman–Crippen MR) is 187 cm³/mol. The molecule has 1 fully saturated rings. The first-order chi connectivity index (χ1) is 24.2. The van der Waals surface area contributed by atoms with E-state index in [1.165, 1.54) is 24.3 Å². The van der Waals surface area contributed by atoms with E-state index in [1.54, 1.807) is 48.5 Å². The quantitative estimate of drug-likeness (QED) is 0.110. The van der Waals surface area contributed by atoms with Crippen LogP contribution in [0.15, 0.2) is 114 Å². The van der Waals surface area contributed by atoms with Gasteiger partial charge >= 0.3 is 0 Å². The van der Waals surface area contributed by atoms with E-state index < -0.39 is 24.4 Å². The van der Waals surface area contributed by atoms with Gasteiger partial charge in [0.25, 0.3) is 24.4 Å². The summed E-state index contributed by atoms with van der Waals surface area (Å²) in [6, 6.07) is 23.0. The van der Waals surface area contributed by atoms with Gasteiger partial charge in [-0.05, 0) is 84.9 Å². The molecule has 16 heteroatoms. The fraction of sp³-hybridized carbons (Fsp3) is 0.118. The van der Waals surface area contributed by atoms with Crippen LogP contribution in [0, 0.1) is 0 Å². The Kier molecular flexibility index (Phi) is 9.40. The number of fused-ring (bicyclic) bond motifs is 2. The maximum Gasteiger partial charge on any atom is 0.295 e. The fourth-order valence-corrected chi connectivity index (χ4v) is 5.79. The Balaban J connectivity index is 0.971. The Bertz CT molecular complexity index is 2120. The maximum absolute atomic E-state index is 12.7. The third-order valence-electron chi connectivity index (χ3n) is 7.49. The Morgan fingerprint density at radius 3 is 1.44 bits per heavy atom. The number of hydrogen-bond donors (Lipinski definition) is 4. The molecule has 2 amide bonds. The van der Waals surface area contributed by atoms with Crippen molar-refractivity contribution in [2.45, 2.75) is 12.6 Å². The molecule has 1 saturated heterocycles. The van der Waals surface area contributed by atoms with E-state index in [0.717, 1.165) is 8.95 Å². The summed E-state index contributed by atoms with van der Waals surface area (Å²) >= 11 is 6.77. The van der Waals surface area contributed by atoms with E-state index in [9.17, 15) is 19.8 Å². The molecule has 1 aliphatic heterocycles. The van der Waals surface area contributed by atoms with Gasteiger partial charge in [0, 0.05) is 30.8 Å². The van der Waals surface area contributed by atoms with E-state index in [0.29, 0.717) is 33.3 Å². The molecule has 0 saturated carbocycles. The lowest BCUT2D eigenvalue weighted by molar-refractivity contribution is -0.271. The molecule has 4 aromatic carbocycles. The number of aromatic hydroxyl groups is 2. The number of rotatable bonds is 8. The number of ether oxygens (including phenoxy) is 4. The molecule has 2 aromatic heterocycles. The van der Waals surface area contributed by atoms with Crippen molar-refractivity contribution in [2.75, 3.05) is 13.2 Å². The summed E-state index contributed by atoms with van der Waals surface area (Å²) in [7, 11) is 0. The lowest BCUT2D eigenvalue weighted by Crippen LogP contribution is -2.45. The maximum atomic E-state index is 12.7. The van der Waals surface area contributed by atoms with Crippen molar-refractivity contribution in [3.05, 3.63) is 105 Å². The molecule has 7 rings (SSSR count). The van der Waals surface area contributed by atoms with Crippen LogP contribution >= 0.6 is 31.9 Å². The normalized spacial score (nSPS) is 16.4. The first kappa shape index (κ1) is 33.1. The largest absolute Gasteiger partial charge is 0.493 e. The average molecular weight is 804 g/mol. The second-order valence-electron chi connectivity index (χ2n) is 10.8. The molecule has 2 atom stereocenters. The molecule has 0 bridgehead atoms. The topological polar surface area (TPSA) is 193 Å². The van der Waals surface area contributed by atoms with Crippen molar-refractivity contribution in [3.8, 4) is 23.3 Å². The van der Waals surface area contributed by atoms with Crippen LogP contribution in [0.25, 0.3) is 21.8 Å². The third-order valence-corrected chi connectivity index (χ3v) is 8.47. The Morgan fingerprint density at radius 2 is 1.04 bits per heavy atom. The van der Waals surface area contributed by atoms with Crippen LogP contribution in [0.5, 0.6) is 23.3 Å². The molecular formula is C34H24Br2N6O8. The fourth-order valence-electron chi connectivity index (χ4n) is 5.07. The van der Waals surface area contributed by atoms with E-state index in [1.807, 2.05) is 12.1 Å². The zero-order valence-corrected chi connectivity index (χ0v) is 28.7. The van der Waals surface area contributed by atoms with Gasteiger partial charge in [0.15, 0.2) is 11.4 Å². The van der Waals surface area contributed by atoms with Gasteiger partial charge in [0.1, 0.15) is 11.5 Å². The van der Waals surface area contributed by atoms with Gasteiger partial charge in [-0.25, -0.2) is 0 Å². The molecule has 6 aromatic rings. The number of aromatic nitrogens is 2. The number of nitrogens with one attached hydrogen (secondary N) is 2.